The van der Waals surface area contributed by atoms with Crippen LogP contribution in [0.4, 0.5) is 15.8 Å². The van der Waals surface area contributed by atoms with Gasteiger partial charge in [0.1, 0.15) is 5.82 Å². The van der Waals surface area contributed by atoms with Gasteiger partial charge < -0.3 is 26.0 Å². The molecule has 12 heteroatoms. The number of anilines is 2. The predicted molar refractivity (Wildman–Crippen MR) is 135 cm³/mol. The maximum Gasteiger partial charge on any atom is 0.285 e. The molecule has 0 aromatic heterocycles. The number of hydrazone groups is 1. The zero-order valence-corrected chi connectivity index (χ0v) is 20.3. The highest BCUT2D eigenvalue weighted by molar-refractivity contribution is 7.99. The average Bonchev–Trinajstić information content (AvgIpc) is 2.98. The van der Waals surface area contributed by atoms with E-state index in [1.807, 2.05) is 41.3 Å². The average molecular weight is 504 g/mol. The number of halogens is 1. The number of nitrogens with two attached hydrogens (primary N) is 3. The molecule has 2 aromatic rings. The molecule has 0 spiro atoms. The summed E-state index contributed by atoms with van der Waals surface area (Å²) < 4.78 is 19.7. The smallest absolute Gasteiger partial charge is 0.285 e. The zero-order valence-electron chi connectivity index (χ0n) is 19.5. The minimum absolute atomic E-state index is 0.0368. The summed E-state index contributed by atoms with van der Waals surface area (Å²) in [5.41, 5.74) is 12.4. The molecule has 10 nitrogen and oxygen atoms in total. The van der Waals surface area contributed by atoms with Gasteiger partial charge in [-0.05, 0) is 11.6 Å². The first-order valence-electron chi connectivity index (χ1n) is 11.0. The fraction of sp³-hybridized carbons (Fsp3) is 0.348. The summed E-state index contributed by atoms with van der Waals surface area (Å²) in [6.07, 6.45) is 0.490. The van der Waals surface area contributed by atoms with Gasteiger partial charge in [0.2, 0.25) is 11.7 Å². The van der Waals surface area contributed by atoms with E-state index in [4.69, 9.17) is 22.0 Å². The zero-order chi connectivity index (χ0) is 25.4. The van der Waals surface area contributed by atoms with Gasteiger partial charge in [-0.2, -0.15) is 0 Å². The lowest BCUT2D eigenvalue weighted by Crippen LogP contribution is -2.36. The molecule has 2 heterocycles. The van der Waals surface area contributed by atoms with Crippen molar-refractivity contribution < 1.29 is 18.7 Å². The van der Waals surface area contributed by atoms with Crippen LogP contribution in [0.1, 0.15) is 12.0 Å². The van der Waals surface area contributed by atoms with Gasteiger partial charge in [0.05, 0.1) is 31.1 Å². The first-order valence-corrected chi connectivity index (χ1v) is 12.0. The van der Waals surface area contributed by atoms with Gasteiger partial charge in [-0.25, -0.2) is 15.4 Å². The summed E-state index contributed by atoms with van der Waals surface area (Å²) in [5, 5.41) is 4.67. The van der Waals surface area contributed by atoms with Crippen LogP contribution in [-0.4, -0.2) is 61.9 Å². The largest absolute Gasteiger partial charge is 0.378 e. The number of benzene rings is 2. The predicted octanol–water partition coefficient (Wildman–Crippen LogP) is 1.24. The van der Waals surface area contributed by atoms with E-state index >= 15 is 0 Å². The van der Waals surface area contributed by atoms with Crippen LogP contribution < -0.4 is 27.1 Å². The lowest BCUT2D eigenvalue weighted by molar-refractivity contribution is -0.118. The number of ether oxygens (including phenoxy) is 1. The Morgan fingerprint density at radius 3 is 2.51 bits per heavy atom. The van der Waals surface area contributed by atoms with Crippen LogP contribution in [0.3, 0.4) is 0 Å². The van der Waals surface area contributed by atoms with Gasteiger partial charge in [-0.1, -0.05) is 30.3 Å². The normalized spacial score (nSPS) is 16.1. The van der Waals surface area contributed by atoms with Crippen molar-refractivity contribution in [3.05, 3.63) is 53.8 Å². The molecule has 2 aromatic carbocycles. The molecule has 0 bridgehead atoms. The number of hydrazine groups is 1. The molecular weight excluding hydrogens is 473 g/mol. The van der Waals surface area contributed by atoms with E-state index in [2.05, 4.69) is 5.10 Å². The van der Waals surface area contributed by atoms with Gasteiger partial charge in [-0.15, -0.1) is 16.9 Å². The molecule has 6 N–H and O–H groups in total. The number of rotatable bonds is 4. The minimum atomic E-state index is -0.793. The second kappa shape index (κ2) is 12.4. The summed E-state index contributed by atoms with van der Waals surface area (Å²) in [5.74, 6) is 4.90. The molecule has 1 fully saturated rings. The molecule has 2 aliphatic rings. The number of nitrogens with zero attached hydrogens (tertiary/aromatic N) is 4. The van der Waals surface area contributed by atoms with Crippen molar-refractivity contribution >= 4 is 40.8 Å². The lowest BCUT2D eigenvalue weighted by atomic mass is 10.2. The minimum Gasteiger partial charge on any atom is -0.378 e. The monoisotopic (exact) mass is 503 g/mol. The van der Waals surface area contributed by atoms with Crippen LogP contribution in [0.25, 0.3) is 0 Å². The van der Waals surface area contributed by atoms with E-state index in [1.54, 1.807) is 23.7 Å². The first-order chi connectivity index (χ1) is 16.8. The highest BCUT2D eigenvalue weighted by atomic mass is 32.2. The third kappa shape index (κ3) is 7.31. The number of amidine groups is 1. The van der Waals surface area contributed by atoms with E-state index in [0.717, 1.165) is 21.3 Å². The summed E-state index contributed by atoms with van der Waals surface area (Å²) in [7, 11) is 1.71. The van der Waals surface area contributed by atoms with Crippen LogP contribution in [0.5, 0.6) is 0 Å². The summed E-state index contributed by atoms with van der Waals surface area (Å²) in [4.78, 5) is 26.9. The van der Waals surface area contributed by atoms with Crippen molar-refractivity contribution in [2.45, 2.75) is 17.9 Å². The highest BCUT2D eigenvalue weighted by Crippen LogP contribution is 2.38. The third-order valence-electron chi connectivity index (χ3n) is 5.37. The Labute approximate surface area is 207 Å². The number of amides is 2. The fourth-order valence-corrected chi connectivity index (χ4v) is 4.54. The van der Waals surface area contributed by atoms with Crippen molar-refractivity contribution in [2.24, 2.45) is 22.4 Å². The number of hydrogen-bond donors (Lipinski definition) is 3. The molecule has 0 aliphatic carbocycles. The van der Waals surface area contributed by atoms with E-state index in [1.165, 1.54) is 6.07 Å². The molecule has 1 saturated heterocycles. The topological polar surface area (TPSA) is 144 Å². The van der Waals surface area contributed by atoms with Crippen LogP contribution in [-0.2, 0) is 20.9 Å². The quantitative estimate of drug-likeness (QED) is 0.245. The molecule has 0 atom stereocenters. The third-order valence-corrected chi connectivity index (χ3v) is 6.41. The maximum atomic E-state index is 14.4. The number of thioether (sulfide) groups is 1. The van der Waals surface area contributed by atoms with Gasteiger partial charge in [0.25, 0.3) is 5.91 Å². The number of carbonyl (C=O) groups is 2. The number of fused-ring (bicyclic) bond motifs is 1. The molecule has 0 radical (unpaired) electrons. The van der Waals surface area contributed by atoms with Crippen molar-refractivity contribution in [3.63, 3.8) is 0 Å². The molecule has 4 rings (SSSR count). The summed E-state index contributed by atoms with van der Waals surface area (Å²) >= 11 is 1.62. The van der Waals surface area contributed by atoms with Crippen LogP contribution >= 0.6 is 11.8 Å². The summed E-state index contributed by atoms with van der Waals surface area (Å²) in [6.45, 7) is 3.02. The van der Waals surface area contributed by atoms with E-state index in [9.17, 15) is 14.0 Å². The van der Waals surface area contributed by atoms with Crippen LogP contribution in [0.2, 0.25) is 0 Å². The Morgan fingerprint density at radius 1 is 1.17 bits per heavy atom. The number of carbonyl (C=O) groups excluding carboxylic acids is 2. The molecule has 188 valence electrons. The van der Waals surface area contributed by atoms with Crippen molar-refractivity contribution in [2.75, 3.05) is 48.9 Å². The molecule has 2 amide bonds. The molecular formula is C23H30FN7O3S. The second-order valence-electron chi connectivity index (χ2n) is 7.85. The Balaban J connectivity index is 0.000000205. The van der Waals surface area contributed by atoms with Crippen molar-refractivity contribution in [1.29, 1.82) is 0 Å². The molecule has 0 unspecified atom stereocenters. The Bertz CT molecular complexity index is 1060. The van der Waals surface area contributed by atoms with E-state index < -0.39 is 5.91 Å². The van der Waals surface area contributed by atoms with Crippen LogP contribution in [0.15, 0.2) is 52.5 Å². The highest BCUT2D eigenvalue weighted by Gasteiger charge is 2.24. The summed E-state index contributed by atoms with van der Waals surface area (Å²) in [6, 6.07) is 12.8. The molecule has 0 saturated carbocycles. The molecule has 35 heavy (non-hydrogen) atoms. The first kappa shape index (κ1) is 26.3. The SMILES string of the molecule is CN1C(=O)CCSc2cc(N3CCOCC3)c(F)cc21.NC(=O)/C(N)=N/N(N)Cc1ccccc1. The second-order valence-corrected chi connectivity index (χ2v) is 8.99. The van der Waals surface area contributed by atoms with Crippen molar-refractivity contribution in [1.82, 2.24) is 5.12 Å². The Morgan fingerprint density at radius 2 is 1.86 bits per heavy atom. The number of hydrogen-bond acceptors (Lipinski definition) is 8. The number of primary amides is 1. The van der Waals surface area contributed by atoms with E-state index in [0.29, 0.717) is 50.6 Å². The van der Waals surface area contributed by atoms with E-state index in [-0.39, 0.29) is 17.6 Å². The van der Waals surface area contributed by atoms with Crippen molar-refractivity contribution in [3.8, 4) is 0 Å². The maximum absolute atomic E-state index is 14.4. The molecule has 2 aliphatic heterocycles. The Hall–Kier alpha value is -3.35. The standard InChI is InChI=1S/C14H17FN2O2S.C9H13N5O/c1-16-12-8-10(15)11(17-3-5-19-6-4-17)9-13(12)20-7-2-14(16)18;10-8(9(11)15)13-14(12)6-7-4-2-1-3-5-7/h8-9H,2-7H2,1H3;1-5H,6,12H2,(H2,10,13)(H2,11,15). The number of morpholine rings is 1. The van der Waals surface area contributed by atoms with Gasteiger partial charge in [0, 0.05) is 43.3 Å². The lowest BCUT2D eigenvalue weighted by Gasteiger charge is -2.30. The van der Waals surface area contributed by atoms with Gasteiger partial charge in [0.15, 0.2) is 0 Å². The van der Waals surface area contributed by atoms with Gasteiger partial charge in [-0.3, -0.25) is 9.59 Å². The van der Waals surface area contributed by atoms with Gasteiger partial charge >= 0.3 is 0 Å². The fourth-order valence-electron chi connectivity index (χ4n) is 3.50. The Kier molecular flexibility index (Phi) is 9.29. The van der Waals surface area contributed by atoms with Crippen LogP contribution in [0, 0.1) is 5.82 Å².